The lowest BCUT2D eigenvalue weighted by Crippen LogP contribution is -2.14. The van der Waals surface area contributed by atoms with Crippen LogP contribution in [0.2, 0.25) is 0 Å². The minimum atomic E-state index is 0.0910. The molecule has 3 N–H and O–H groups in total. The van der Waals surface area contributed by atoms with E-state index in [-0.39, 0.29) is 5.84 Å². The molecule has 110 valence electrons. The summed E-state index contributed by atoms with van der Waals surface area (Å²) in [5, 5.41) is 11.8. The van der Waals surface area contributed by atoms with Gasteiger partial charge in [-0.2, -0.15) is 0 Å². The molecule has 1 aromatic carbocycles. The smallest absolute Gasteiger partial charge is 0.170 e. The van der Waals surface area contributed by atoms with E-state index >= 15 is 0 Å². The van der Waals surface area contributed by atoms with Crippen LogP contribution in [0, 0.1) is 20.8 Å². The molecule has 0 atom stereocenters. The van der Waals surface area contributed by atoms with Gasteiger partial charge in [-0.05, 0) is 55.7 Å². The maximum absolute atomic E-state index is 8.75. The number of nitrogens with two attached hydrogens (primary N) is 1. The molecule has 0 amide bonds. The number of aromatic nitrogens is 1. The molecular weight excluding hydrogens is 266 g/mol. The molecule has 2 aromatic rings. The molecule has 0 bridgehead atoms. The van der Waals surface area contributed by atoms with Crippen molar-refractivity contribution in [3.63, 3.8) is 0 Å². The van der Waals surface area contributed by atoms with Crippen LogP contribution in [0.5, 0.6) is 5.75 Å². The Labute approximate surface area is 124 Å². The average molecular weight is 285 g/mol. The molecule has 5 nitrogen and oxygen atoms in total. The minimum absolute atomic E-state index is 0.0910. The lowest BCUT2D eigenvalue weighted by molar-refractivity contribution is 0.296. The number of hydrogen-bond donors (Lipinski definition) is 2. The Morgan fingerprint density at radius 1 is 1.24 bits per heavy atom. The number of aryl methyl sites for hydroxylation is 3. The summed E-state index contributed by atoms with van der Waals surface area (Å²) in [5.41, 5.74) is 10.2. The number of nitrogens with zero attached hydrogens (tertiary/aromatic N) is 2. The molecule has 0 unspecified atom stereocenters. The van der Waals surface area contributed by atoms with E-state index in [9.17, 15) is 0 Å². The minimum Gasteiger partial charge on any atom is -0.487 e. The van der Waals surface area contributed by atoms with Crippen LogP contribution in [-0.4, -0.2) is 16.0 Å². The van der Waals surface area contributed by atoms with Crippen LogP contribution in [0.1, 0.15) is 27.9 Å². The zero-order chi connectivity index (χ0) is 15.4. The lowest BCUT2D eigenvalue weighted by Gasteiger charge is -2.14. The van der Waals surface area contributed by atoms with Crippen molar-refractivity contribution in [2.45, 2.75) is 27.4 Å². The van der Waals surface area contributed by atoms with Crippen LogP contribution in [0.25, 0.3) is 0 Å². The summed E-state index contributed by atoms with van der Waals surface area (Å²) in [6.07, 6.45) is 1.76. The Morgan fingerprint density at radius 2 is 1.90 bits per heavy atom. The van der Waals surface area contributed by atoms with Gasteiger partial charge in [-0.15, -0.1) is 0 Å². The van der Waals surface area contributed by atoms with Crippen molar-refractivity contribution < 1.29 is 9.94 Å². The first-order chi connectivity index (χ1) is 10.0. The zero-order valence-corrected chi connectivity index (χ0v) is 12.4. The predicted octanol–water partition coefficient (Wildman–Crippen LogP) is 2.68. The molecule has 0 fully saturated rings. The van der Waals surface area contributed by atoms with Crippen molar-refractivity contribution in [3.8, 4) is 5.75 Å². The van der Waals surface area contributed by atoms with Gasteiger partial charge < -0.3 is 15.7 Å². The maximum atomic E-state index is 8.75. The first-order valence-electron chi connectivity index (χ1n) is 6.65. The maximum Gasteiger partial charge on any atom is 0.170 e. The number of oxime groups is 1. The number of hydrogen-bond acceptors (Lipinski definition) is 4. The zero-order valence-electron chi connectivity index (χ0n) is 12.4. The highest BCUT2D eigenvalue weighted by molar-refractivity contribution is 5.97. The summed E-state index contributed by atoms with van der Waals surface area (Å²) in [6, 6.07) is 7.58. The Kier molecular flexibility index (Phi) is 4.42. The molecule has 0 saturated heterocycles. The normalized spacial score (nSPS) is 11.5. The molecule has 0 aliphatic rings. The Bertz CT molecular complexity index is 658. The molecule has 5 heteroatoms. The van der Waals surface area contributed by atoms with Crippen molar-refractivity contribution in [1.82, 2.24) is 4.98 Å². The summed E-state index contributed by atoms with van der Waals surface area (Å²) in [4.78, 5) is 4.31. The third-order valence-corrected chi connectivity index (χ3v) is 3.33. The SMILES string of the molecule is Cc1cccnc1COc1c(C)cc(/C(N)=N/O)cc1C. The van der Waals surface area contributed by atoms with Crippen LogP contribution in [-0.2, 0) is 6.61 Å². The van der Waals surface area contributed by atoms with E-state index in [2.05, 4.69) is 10.1 Å². The molecule has 2 rings (SSSR count). The second-order valence-corrected chi connectivity index (χ2v) is 4.98. The highest BCUT2D eigenvalue weighted by atomic mass is 16.5. The number of benzene rings is 1. The van der Waals surface area contributed by atoms with Crippen molar-refractivity contribution in [3.05, 3.63) is 58.4 Å². The first kappa shape index (κ1) is 14.8. The van der Waals surface area contributed by atoms with Crippen molar-refractivity contribution in [2.75, 3.05) is 0 Å². The van der Waals surface area contributed by atoms with Gasteiger partial charge in [-0.3, -0.25) is 4.98 Å². The second kappa shape index (κ2) is 6.26. The van der Waals surface area contributed by atoms with Gasteiger partial charge in [0.25, 0.3) is 0 Å². The molecule has 0 spiro atoms. The third kappa shape index (κ3) is 3.31. The van der Waals surface area contributed by atoms with Gasteiger partial charge in [0, 0.05) is 11.8 Å². The van der Waals surface area contributed by atoms with E-state index in [0.29, 0.717) is 12.2 Å². The van der Waals surface area contributed by atoms with Crippen LogP contribution in [0.15, 0.2) is 35.6 Å². The van der Waals surface area contributed by atoms with Gasteiger partial charge in [0.05, 0.1) is 5.69 Å². The summed E-state index contributed by atoms with van der Waals surface area (Å²) >= 11 is 0. The Morgan fingerprint density at radius 3 is 2.48 bits per heavy atom. The fraction of sp³-hybridized carbons (Fsp3) is 0.250. The average Bonchev–Trinajstić information content (AvgIpc) is 2.47. The standard InChI is InChI=1S/C16H19N3O2/c1-10-5-4-6-18-14(10)9-21-15-11(2)7-13(8-12(15)3)16(17)19-20/h4-8,20H,9H2,1-3H3,(H2,17,19). The van der Waals surface area contributed by atoms with Crippen molar-refractivity contribution in [1.29, 1.82) is 0 Å². The number of pyridine rings is 1. The third-order valence-electron chi connectivity index (χ3n) is 3.33. The molecule has 0 saturated carbocycles. The van der Waals surface area contributed by atoms with Gasteiger partial charge >= 0.3 is 0 Å². The monoisotopic (exact) mass is 285 g/mol. The molecule has 0 aliphatic heterocycles. The molecule has 21 heavy (non-hydrogen) atoms. The molecule has 1 aromatic heterocycles. The van der Waals surface area contributed by atoms with Crippen molar-refractivity contribution in [2.24, 2.45) is 10.9 Å². The van der Waals surface area contributed by atoms with Gasteiger partial charge in [0.1, 0.15) is 12.4 Å². The van der Waals surface area contributed by atoms with E-state index in [1.54, 1.807) is 6.20 Å². The van der Waals surface area contributed by atoms with E-state index in [1.165, 1.54) is 0 Å². The van der Waals surface area contributed by atoms with Gasteiger partial charge in [-0.1, -0.05) is 11.2 Å². The fourth-order valence-corrected chi connectivity index (χ4v) is 2.19. The van der Waals surface area contributed by atoms with Crippen LogP contribution in [0.3, 0.4) is 0 Å². The first-order valence-corrected chi connectivity index (χ1v) is 6.65. The van der Waals surface area contributed by atoms with Gasteiger partial charge in [0.15, 0.2) is 5.84 Å². The van der Waals surface area contributed by atoms with Crippen molar-refractivity contribution >= 4 is 5.84 Å². The van der Waals surface area contributed by atoms with Crippen LogP contribution < -0.4 is 10.5 Å². The largest absolute Gasteiger partial charge is 0.487 e. The van der Waals surface area contributed by atoms with Gasteiger partial charge in [0.2, 0.25) is 0 Å². The predicted molar refractivity (Wildman–Crippen MR) is 81.7 cm³/mol. The van der Waals surface area contributed by atoms with Crippen LogP contribution >= 0.6 is 0 Å². The topological polar surface area (TPSA) is 80.7 Å². The van der Waals surface area contributed by atoms with Crippen LogP contribution in [0.4, 0.5) is 0 Å². The van der Waals surface area contributed by atoms with E-state index in [4.69, 9.17) is 15.7 Å². The Balaban J connectivity index is 2.23. The molecule has 0 radical (unpaired) electrons. The molecule has 0 aliphatic carbocycles. The van der Waals surface area contributed by atoms with E-state index < -0.39 is 0 Å². The summed E-state index contributed by atoms with van der Waals surface area (Å²) in [5.74, 6) is 0.892. The van der Waals surface area contributed by atoms with E-state index in [0.717, 1.165) is 28.1 Å². The lowest BCUT2D eigenvalue weighted by atomic mass is 10.1. The molecular formula is C16H19N3O2. The van der Waals surface area contributed by atoms with Gasteiger partial charge in [-0.25, -0.2) is 0 Å². The highest BCUT2D eigenvalue weighted by Gasteiger charge is 2.10. The highest BCUT2D eigenvalue weighted by Crippen LogP contribution is 2.25. The number of ether oxygens (including phenoxy) is 1. The molecule has 1 heterocycles. The summed E-state index contributed by atoms with van der Waals surface area (Å²) in [6.45, 7) is 6.29. The number of amidine groups is 1. The Hall–Kier alpha value is -2.56. The fourth-order valence-electron chi connectivity index (χ4n) is 2.19. The summed E-state index contributed by atoms with van der Waals surface area (Å²) in [7, 11) is 0. The number of rotatable bonds is 4. The second-order valence-electron chi connectivity index (χ2n) is 4.98. The summed E-state index contributed by atoms with van der Waals surface area (Å²) < 4.78 is 5.90. The van der Waals surface area contributed by atoms with E-state index in [1.807, 2.05) is 45.0 Å². The quantitative estimate of drug-likeness (QED) is 0.392.